The molecule has 3 nitrogen and oxygen atoms in total. The number of ether oxygens (including phenoxy) is 2. The minimum atomic E-state index is -0.311. The third-order valence-corrected chi connectivity index (χ3v) is 3.75. The quantitative estimate of drug-likeness (QED) is 0.876. The summed E-state index contributed by atoms with van der Waals surface area (Å²) in [7, 11) is 0. The molecule has 0 spiro atoms. The van der Waals surface area contributed by atoms with Crippen molar-refractivity contribution in [3.63, 3.8) is 0 Å². The van der Waals surface area contributed by atoms with Crippen molar-refractivity contribution in [1.82, 2.24) is 5.32 Å². The third kappa shape index (κ3) is 4.42. The summed E-state index contributed by atoms with van der Waals surface area (Å²) in [5.74, 6) is -0.311. The van der Waals surface area contributed by atoms with Crippen molar-refractivity contribution in [3.05, 3.63) is 34.6 Å². The Balaban J connectivity index is 2.05. The highest BCUT2D eigenvalue weighted by Crippen LogP contribution is 2.21. The summed E-state index contributed by atoms with van der Waals surface area (Å²) in [4.78, 5) is 0. The first-order valence-electron chi connectivity index (χ1n) is 7.07. The summed E-state index contributed by atoms with van der Waals surface area (Å²) in [5, 5.41) is 3.94. The van der Waals surface area contributed by atoms with Gasteiger partial charge in [0.2, 0.25) is 0 Å². The number of hydrogen-bond acceptors (Lipinski definition) is 3. The van der Waals surface area contributed by atoms with Gasteiger partial charge in [-0.05, 0) is 37.1 Å². The Labute approximate surface area is 124 Å². The molecule has 1 fully saturated rings. The van der Waals surface area contributed by atoms with Gasteiger partial charge in [0.1, 0.15) is 5.82 Å². The molecule has 0 amide bonds. The van der Waals surface area contributed by atoms with Crippen LogP contribution in [0.4, 0.5) is 4.39 Å². The molecule has 1 N–H and O–H groups in total. The molecule has 2 atom stereocenters. The summed E-state index contributed by atoms with van der Waals surface area (Å²) in [6.07, 6.45) is 1.75. The van der Waals surface area contributed by atoms with Gasteiger partial charge in [-0.3, -0.25) is 0 Å². The van der Waals surface area contributed by atoms with Gasteiger partial charge in [-0.1, -0.05) is 24.6 Å². The maximum atomic E-state index is 13.1. The molecule has 0 aliphatic carbocycles. The molecule has 2 rings (SSSR count). The van der Waals surface area contributed by atoms with Crippen LogP contribution in [-0.4, -0.2) is 38.5 Å². The Bertz CT molecular complexity index is 424. The molecular weight excluding hydrogens is 281 g/mol. The molecule has 0 aromatic heterocycles. The predicted molar refractivity (Wildman–Crippen MR) is 77.8 cm³/mol. The van der Waals surface area contributed by atoms with Gasteiger partial charge in [0, 0.05) is 11.1 Å². The topological polar surface area (TPSA) is 30.5 Å². The van der Waals surface area contributed by atoms with E-state index in [1.807, 2.05) is 0 Å². The van der Waals surface area contributed by atoms with Gasteiger partial charge in [0.25, 0.3) is 0 Å². The van der Waals surface area contributed by atoms with E-state index in [1.165, 1.54) is 12.1 Å². The number of benzene rings is 1. The maximum Gasteiger partial charge on any atom is 0.124 e. The summed E-state index contributed by atoms with van der Waals surface area (Å²) in [5.41, 5.74) is 0.927. The number of nitrogens with one attached hydrogen (secondary N) is 1. The molecule has 0 saturated carbocycles. The Morgan fingerprint density at radius 3 is 2.95 bits per heavy atom. The summed E-state index contributed by atoms with van der Waals surface area (Å²) < 4.78 is 24.3. The predicted octanol–water partition coefficient (Wildman–Crippen LogP) is 2.81. The SMILES string of the molecule is CCCNC(Cc1ccc(F)cc1Cl)C1COCCO1. The molecule has 2 unspecified atom stereocenters. The Morgan fingerprint density at radius 2 is 2.30 bits per heavy atom. The lowest BCUT2D eigenvalue weighted by Crippen LogP contribution is -2.48. The normalized spacial score (nSPS) is 20.9. The average molecular weight is 302 g/mol. The average Bonchev–Trinajstić information content (AvgIpc) is 2.46. The number of hydrogen-bond donors (Lipinski definition) is 1. The summed E-state index contributed by atoms with van der Waals surface area (Å²) >= 11 is 6.11. The van der Waals surface area contributed by atoms with E-state index in [-0.39, 0.29) is 18.0 Å². The molecule has 1 aromatic rings. The molecule has 1 heterocycles. The summed E-state index contributed by atoms with van der Waals surface area (Å²) in [6, 6.07) is 4.66. The zero-order valence-electron chi connectivity index (χ0n) is 11.7. The van der Waals surface area contributed by atoms with Crippen LogP contribution in [0.5, 0.6) is 0 Å². The van der Waals surface area contributed by atoms with Crippen LogP contribution in [0, 0.1) is 5.82 Å². The van der Waals surface area contributed by atoms with Gasteiger partial charge in [-0.2, -0.15) is 0 Å². The largest absolute Gasteiger partial charge is 0.376 e. The first-order valence-corrected chi connectivity index (χ1v) is 7.45. The van der Waals surface area contributed by atoms with Crippen LogP contribution in [0.3, 0.4) is 0 Å². The van der Waals surface area contributed by atoms with Gasteiger partial charge < -0.3 is 14.8 Å². The molecule has 0 bridgehead atoms. The molecule has 112 valence electrons. The van der Waals surface area contributed by atoms with Crippen molar-refractivity contribution in [3.8, 4) is 0 Å². The smallest absolute Gasteiger partial charge is 0.124 e. The highest BCUT2D eigenvalue weighted by atomic mass is 35.5. The molecule has 0 radical (unpaired) electrons. The lowest BCUT2D eigenvalue weighted by molar-refractivity contribution is -0.101. The van der Waals surface area contributed by atoms with Crippen LogP contribution in [0.15, 0.2) is 18.2 Å². The Morgan fingerprint density at radius 1 is 1.45 bits per heavy atom. The minimum absolute atomic E-state index is 0.0106. The van der Waals surface area contributed by atoms with Crippen molar-refractivity contribution in [2.75, 3.05) is 26.4 Å². The molecule has 20 heavy (non-hydrogen) atoms. The van der Waals surface area contributed by atoms with Crippen molar-refractivity contribution in [2.24, 2.45) is 0 Å². The molecule has 1 aliphatic rings. The second kappa shape index (κ2) is 7.93. The van der Waals surface area contributed by atoms with E-state index < -0.39 is 0 Å². The van der Waals surface area contributed by atoms with Gasteiger partial charge in [0.15, 0.2) is 0 Å². The first kappa shape index (κ1) is 15.7. The van der Waals surface area contributed by atoms with E-state index in [1.54, 1.807) is 6.07 Å². The van der Waals surface area contributed by atoms with Crippen LogP contribution in [-0.2, 0) is 15.9 Å². The van der Waals surface area contributed by atoms with E-state index in [9.17, 15) is 4.39 Å². The summed E-state index contributed by atoms with van der Waals surface area (Å²) in [6.45, 7) is 4.87. The lowest BCUT2D eigenvalue weighted by Gasteiger charge is -2.31. The van der Waals surface area contributed by atoms with E-state index in [0.717, 1.165) is 18.5 Å². The van der Waals surface area contributed by atoms with Crippen LogP contribution in [0.25, 0.3) is 0 Å². The maximum absolute atomic E-state index is 13.1. The standard InChI is InChI=1S/C15H21ClFNO2/c1-2-5-18-14(15-10-19-6-7-20-15)8-11-3-4-12(17)9-13(11)16/h3-4,9,14-15,18H,2,5-8,10H2,1H3. The fraction of sp³-hybridized carbons (Fsp3) is 0.600. The zero-order chi connectivity index (χ0) is 14.4. The van der Waals surface area contributed by atoms with Crippen LogP contribution >= 0.6 is 11.6 Å². The minimum Gasteiger partial charge on any atom is -0.376 e. The zero-order valence-corrected chi connectivity index (χ0v) is 12.5. The van der Waals surface area contributed by atoms with E-state index in [0.29, 0.717) is 31.3 Å². The van der Waals surface area contributed by atoms with Gasteiger partial charge in [-0.15, -0.1) is 0 Å². The van der Waals surface area contributed by atoms with Crippen LogP contribution < -0.4 is 5.32 Å². The molecule has 1 aliphatic heterocycles. The van der Waals surface area contributed by atoms with E-state index in [2.05, 4.69) is 12.2 Å². The monoisotopic (exact) mass is 301 g/mol. The van der Waals surface area contributed by atoms with Crippen molar-refractivity contribution < 1.29 is 13.9 Å². The van der Waals surface area contributed by atoms with Crippen LogP contribution in [0.1, 0.15) is 18.9 Å². The molecular formula is C15H21ClFNO2. The molecule has 1 saturated heterocycles. The fourth-order valence-corrected chi connectivity index (χ4v) is 2.57. The first-order chi connectivity index (χ1) is 9.70. The van der Waals surface area contributed by atoms with E-state index in [4.69, 9.17) is 21.1 Å². The van der Waals surface area contributed by atoms with Crippen molar-refractivity contribution in [2.45, 2.75) is 31.9 Å². The number of rotatable bonds is 6. The Hall–Kier alpha value is -0.680. The van der Waals surface area contributed by atoms with Crippen molar-refractivity contribution in [1.29, 1.82) is 0 Å². The Kier molecular flexibility index (Phi) is 6.23. The van der Waals surface area contributed by atoms with Gasteiger partial charge >= 0.3 is 0 Å². The highest BCUT2D eigenvalue weighted by Gasteiger charge is 2.25. The molecule has 1 aromatic carbocycles. The molecule has 5 heteroatoms. The fourth-order valence-electron chi connectivity index (χ4n) is 2.33. The second-order valence-electron chi connectivity index (χ2n) is 4.98. The van der Waals surface area contributed by atoms with Crippen molar-refractivity contribution >= 4 is 11.6 Å². The highest BCUT2D eigenvalue weighted by molar-refractivity contribution is 6.31. The number of halogens is 2. The van der Waals surface area contributed by atoms with Gasteiger partial charge in [0.05, 0.1) is 25.9 Å². The third-order valence-electron chi connectivity index (χ3n) is 3.40. The lowest BCUT2D eigenvalue weighted by atomic mass is 10.0. The van der Waals surface area contributed by atoms with E-state index >= 15 is 0 Å². The second-order valence-corrected chi connectivity index (χ2v) is 5.39. The van der Waals surface area contributed by atoms with Gasteiger partial charge in [-0.25, -0.2) is 4.39 Å². The van der Waals surface area contributed by atoms with Crippen LogP contribution in [0.2, 0.25) is 5.02 Å².